The van der Waals surface area contributed by atoms with Crippen LogP contribution in [0.2, 0.25) is 0 Å². The summed E-state index contributed by atoms with van der Waals surface area (Å²) in [6, 6.07) is 73.6. The van der Waals surface area contributed by atoms with Gasteiger partial charge < -0.3 is 9.13 Å². The second-order valence-corrected chi connectivity index (χ2v) is 16.6. The van der Waals surface area contributed by atoms with Gasteiger partial charge in [-0.05, 0) is 101 Å². The molecule has 9 aromatic carbocycles. The van der Waals surface area contributed by atoms with E-state index in [1.54, 1.807) is 0 Å². The van der Waals surface area contributed by atoms with Crippen LogP contribution < -0.4 is 0 Å². The van der Waals surface area contributed by atoms with Gasteiger partial charge in [0.1, 0.15) is 0 Å². The fraction of sp³-hybridized carbons (Fsp3) is 0. The molecule has 0 spiro atoms. The number of aromatic nitrogens is 5. The van der Waals surface area contributed by atoms with E-state index in [0.717, 1.165) is 93.9 Å². The summed E-state index contributed by atoms with van der Waals surface area (Å²) >= 11 is 0. The van der Waals surface area contributed by atoms with Crippen LogP contribution in [0.25, 0.3) is 116 Å². The van der Waals surface area contributed by atoms with E-state index < -0.39 is 0 Å². The molecule has 0 bridgehead atoms. The van der Waals surface area contributed by atoms with Gasteiger partial charge >= 0.3 is 0 Å². The molecule has 0 atom stereocenters. The zero-order chi connectivity index (χ0) is 45.7. The Balaban J connectivity index is 1.16. The van der Waals surface area contributed by atoms with Crippen molar-refractivity contribution in [2.75, 3.05) is 0 Å². The lowest BCUT2D eigenvalue weighted by molar-refractivity contribution is 1.07. The highest BCUT2D eigenvalue weighted by molar-refractivity contribution is 6.12. The lowest BCUT2D eigenvalue weighted by atomic mass is 9.94. The van der Waals surface area contributed by atoms with Crippen molar-refractivity contribution < 1.29 is 0 Å². The molecule has 0 aliphatic heterocycles. The zero-order valence-corrected chi connectivity index (χ0v) is 36.2. The molecule has 0 aliphatic rings. The largest absolute Gasteiger partial charge is 0.309 e. The highest BCUT2D eigenvalue weighted by atomic mass is 15.0. The fourth-order valence-corrected chi connectivity index (χ4v) is 9.49. The van der Waals surface area contributed by atoms with Crippen LogP contribution in [-0.2, 0) is 0 Å². The molecule has 68 heavy (non-hydrogen) atoms. The predicted octanol–water partition coefficient (Wildman–Crippen LogP) is 14.7. The van der Waals surface area contributed by atoms with Crippen LogP contribution in [0.3, 0.4) is 0 Å². The van der Waals surface area contributed by atoms with Crippen LogP contribution in [-0.4, -0.2) is 24.1 Å². The molecular weight excluding hydrogens is 833 g/mol. The smallest absolute Gasteiger partial charge is 0.188 e. The molecule has 0 fully saturated rings. The molecular formula is C60H34N8. The SMILES string of the molecule is [C-]#[N+]c1ccc2c(c1)c1ccccc1n2-c1ccc(-c2nc(-c3ccccc3)nc(-c3ccccc3)n2)cc1-c1ccc(-n2c3ccccc3c3cc(C#N)ccc32)c(-c2ccc(C#N)cc2)c1. The summed E-state index contributed by atoms with van der Waals surface area (Å²) in [6.07, 6.45) is 0. The summed E-state index contributed by atoms with van der Waals surface area (Å²) in [5.74, 6) is 1.66. The molecule has 3 heterocycles. The van der Waals surface area contributed by atoms with Gasteiger partial charge in [-0.3, -0.25) is 0 Å². The minimum absolute atomic E-state index is 0.528. The first-order chi connectivity index (χ1) is 33.6. The Morgan fingerprint density at radius 1 is 0.368 bits per heavy atom. The molecule has 0 saturated heterocycles. The van der Waals surface area contributed by atoms with Crippen LogP contribution in [0.15, 0.2) is 206 Å². The van der Waals surface area contributed by atoms with E-state index >= 15 is 0 Å². The molecule has 0 saturated carbocycles. The van der Waals surface area contributed by atoms with Gasteiger partial charge in [-0.25, -0.2) is 19.8 Å². The third-order valence-electron chi connectivity index (χ3n) is 12.7. The van der Waals surface area contributed by atoms with Crippen LogP contribution in [0.5, 0.6) is 0 Å². The number of benzene rings is 9. The number of hydrogen-bond donors (Lipinski definition) is 0. The summed E-state index contributed by atoms with van der Waals surface area (Å²) in [4.78, 5) is 19.0. The molecule has 314 valence electrons. The highest BCUT2D eigenvalue weighted by Gasteiger charge is 2.22. The van der Waals surface area contributed by atoms with Crippen LogP contribution >= 0.6 is 0 Å². The summed E-state index contributed by atoms with van der Waals surface area (Å²) in [6.45, 7) is 7.85. The highest BCUT2D eigenvalue weighted by Crippen LogP contribution is 2.43. The molecule has 0 amide bonds. The van der Waals surface area contributed by atoms with E-state index in [4.69, 9.17) is 21.5 Å². The van der Waals surface area contributed by atoms with Crippen molar-refractivity contribution in [2.24, 2.45) is 0 Å². The predicted molar refractivity (Wildman–Crippen MR) is 271 cm³/mol. The number of rotatable bonds is 7. The first-order valence-corrected chi connectivity index (χ1v) is 22.1. The van der Waals surface area contributed by atoms with Crippen molar-refractivity contribution in [3.8, 4) is 79.9 Å². The van der Waals surface area contributed by atoms with E-state index in [9.17, 15) is 10.5 Å². The van der Waals surface area contributed by atoms with Gasteiger partial charge in [0, 0.05) is 44.0 Å². The monoisotopic (exact) mass is 866 g/mol. The third-order valence-corrected chi connectivity index (χ3v) is 12.7. The zero-order valence-electron chi connectivity index (χ0n) is 36.2. The maximum atomic E-state index is 9.92. The Kier molecular flexibility index (Phi) is 9.47. The minimum Gasteiger partial charge on any atom is -0.309 e. The van der Waals surface area contributed by atoms with Crippen molar-refractivity contribution in [1.82, 2.24) is 24.1 Å². The van der Waals surface area contributed by atoms with Crippen molar-refractivity contribution in [1.29, 1.82) is 10.5 Å². The molecule has 12 rings (SSSR count). The van der Waals surface area contributed by atoms with Crippen molar-refractivity contribution in [3.63, 3.8) is 0 Å². The van der Waals surface area contributed by atoms with Gasteiger partial charge in [0.15, 0.2) is 23.2 Å². The molecule has 0 radical (unpaired) electrons. The number of nitrogens with zero attached hydrogens (tertiary/aromatic N) is 8. The molecule has 0 aliphatic carbocycles. The van der Waals surface area contributed by atoms with E-state index in [1.807, 2.05) is 146 Å². The Hall–Kier alpha value is -9.94. The van der Waals surface area contributed by atoms with Crippen LogP contribution in [0.4, 0.5) is 5.69 Å². The van der Waals surface area contributed by atoms with E-state index in [-0.39, 0.29) is 0 Å². The van der Waals surface area contributed by atoms with Gasteiger partial charge in [0.05, 0.1) is 63.3 Å². The van der Waals surface area contributed by atoms with Crippen molar-refractivity contribution in [2.45, 2.75) is 0 Å². The quantitative estimate of drug-likeness (QED) is 0.149. The first-order valence-electron chi connectivity index (χ1n) is 22.1. The molecule has 0 N–H and O–H groups in total. The molecule has 0 unspecified atom stereocenters. The normalized spacial score (nSPS) is 11.2. The first kappa shape index (κ1) is 39.6. The Labute approximate surface area is 391 Å². The van der Waals surface area contributed by atoms with Gasteiger partial charge in [0.2, 0.25) is 0 Å². The maximum absolute atomic E-state index is 9.92. The fourth-order valence-electron chi connectivity index (χ4n) is 9.49. The number of para-hydroxylation sites is 2. The van der Waals surface area contributed by atoms with Gasteiger partial charge in [-0.1, -0.05) is 121 Å². The van der Waals surface area contributed by atoms with E-state index in [1.165, 1.54) is 0 Å². The Bertz CT molecular complexity index is 4050. The molecule has 3 aromatic heterocycles. The van der Waals surface area contributed by atoms with E-state index in [2.05, 4.69) is 86.8 Å². The number of fused-ring (bicyclic) bond motifs is 6. The summed E-state index contributed by atoms with van der Waals surface area (Å²) in [5, 5.41) is 23.8. The molecule has 8 nitrogen and oxygen atoms in total. The van der Waals surface area contributed by atoms with Crippen LogP contribution in [0.1, 0.15) is 11.1 Å². The van der Waals surface area contributed by atoms with E-state index in [0.29, 0.717) is 34.3 Å². The van der Waals surface area contributed by atoms with Crippen LogP contribution in [0, 0.1) is 29.2 Å². The van der Waals surface area contributed by atoms with Gasteiger partial charge in [0.25, 0.3) is 0 Å². The average Bonchev–Trinajstić information content (AvgIpc) is 3.92. The van der Waals surface area contributed by atoms with Crippen molar-refractivity contribution >= 4 is 49.3 Å². The standard InChI is InChI=1S/C60H34N8/c1-63-45-27-31-57-51(35-45)47-17-9-11-19-53(47)68(57)55-30-26-44(60-65-58(41-12-4-2-5-13-41)64-59(66-60)42-14-6-3-7-15-42)34-49(55)43-25-29-54(48(33-43)40-23-20-38(36-61)21-24-40)67-52-18-10-8-16-46(52)50-32-39(37-62)22-28-56(50)67/h2-35H. The third kappa shape index (κ3) is 6.63. The second kappa shape index (κ2) is 16.2. The van der Waals surface area contributed by atoms with Crippen molar-refractivity contribution in [3.05, 3.63) is 229 Å². The Morgan fingerprint density at radius 2 is 0.809 bits per heavy atom. The topological polar surface area (TPSA) is 100 Å². The molecule has 8 heteroatoms. The summed E-state index contributed by atoms with van der Waals surface area (Å²) in [5.41, 5.74) is 13.8. The minimum atomic E-state index is 0.528. The van der Waals surface area contributed by atoms with Gasteiger partial charge in [-0.2, -0.15) is 10.5 Å². The second-order valence-electron chi connectivity index (χ2n) is 16.6. The maximum Gasteiger partial charge on any atom is 0.188 e. The Morgan fingerprint density at radius 3 is 1.38 bits per heavy atom. The number of nitriles is 2. The average molecular weight is 867 g/mol. The molecule has 12 aromatic rings. The lowest BCUT2D eigenvalue weighted by Gasteiger charge is -2.19. The van der Waals surface area contributed by atoms with Gasteiger partial charge in [-0.15, -0.1) is 0 Å². The number of hydrogen-bond acceptors (Lipinski definition) is 5. The summed E-state index contributed by atoms with van der Waals surface area (Å²) in [7, 11) is 0. The summed E-state index contributed by atoms with van der Waals surface area (Å²) < 4.78 is 4.55. The lowest BCUT2D eigenvalue weighted by Crippen LogP contribution is -2.02.